The van der Waals surface area contributed by atoms with Crippen molar-refractivity contribution >= 4 is 11.4 Å². The molecule has 3 aromatic heterocycles. The van der Waals surface area contributed by atoms with Crippen LogP contribution in [0.2, 0.25) is 0 Å². The number of hydrogen-bond donors (Lipinski definition) is 0. The van der Waals surface area contributed by atoms with Crippen molar-refractivity contribution in [2.45, 2.75) is 44.2 Å². The Bertz CT molecular complexity index is 1190. The Labute approximate surface area is 174 Å². The molecule has 0 radical (unpaired) electrons. The zero-order valence-electron chi connectivity index (χ0n) is 17.4. The lowest BCUT2D eigenvalue weighted by atomic mass is 9.91. The second-order valence-electron chi connectivity index (χ2n) is 8.29. The minimum atomic E-state index is -0.275. The predicted octanol–water partition coefficient (Wildman–Crippen LogP) is 2.30. The van der Waals surface area contributed by atoms with Crippen molar-refractivity contribution < 1.29 is 9.53 Å². The van der Waals surface area contributed by atoms with Crippen LogP contribution in [0.5, 0.6) is 5.88 Å². The molecule has 3 heterocycles. The van der Waals surface area contributed by atoms with E-state index in [1.807, 2.05) is 32.6 Å². The number of nitrogens with zero attached hydrogens (tertiary/aromatic N) is 6. The number of amides is 1. The fraction of sp³-hybridized carbons (Fsp3) is 0.455. The van der Waals surface area contributed by atoms with Crippen molar-refractivity contribution in [3.05, 3.63) is 30.9 Å². The normalized spacial score (nSPS) is 24.6. The van der Waals surface area contributed by atoms with Crippen LogP contribution in [-0.2, 0) is 11.8 Å². The van der Waals surface area contributed by atoms with E-state index in [1.165, 1.54) is 0 Å². The van der Waals surface area contributed by atoms with Crippen LogP contribution in [-0.4, -0.2) is 53.9 Å². The van der Waals surface area contributed by atoms with Crippen LogP contribution in [0.15, 0.2) is 30.9 Å². The van der Waals surface area contributed by atoms with Crippen LogP contribution >= 0.6 is 0 Å². The van der Waals surface area contributed by atoms with Crippen LogP contribution in [0.1, 0.15) is 32.6 Å². The van der Waals surface area contributed by atoms with E-state index in [9.17, 15) is 4.79 Å². The van der Waals surface area contributed by atoms with Crippen molar-refractivity contribution in [1.82, 2.24) is 29.3 Å². The summed E-state index contributed by atoms with van der Waals surface area (Å²) in [7, 11) is 3.72. The molecule has 0 unspecified atom stereocenters. The van der Waals surface area contributed by atoms with Crippen LogP contribution in [0.3, 0.4) is 0 Å². The Morgan fingerprint density at radius 2 is 2.17 bits per heavy atom. The van der Waals surface area contributed by atoms with Gasteiger partial charge in [0.1, 0.15) is 11.1 Å². The molecule has 0 saturated heterocycles. The van der Waals surface area contributed by atoms with Gasteiger partial charge in [0.25, 0.3) is 5.91 Å². The highest BCUT2D eigenvalue weighted by Gasteiger charge is 2.60. The summed E-state index contributed by atoms with van der Waals surface area (Å²) in [6, 6.07) is 2.04. The summed E-state index contributed by atoms with van der Waals surface area (Å²) in [6.45, 7) is 1.69. The molecule has 8 heteroatoms. The highest BCUT2D eigenvalue weighted by atomic mass is 16.5. The third-order valence-corrected chi connectivity index (χ3v) is 6.36. The minimum Gasteiger partial charge on any atom is -0.469 e. The first-order chi connectivity index (χ1) is 14.5. The first kappa shape index (κ1) is 18.7. The number of hydrogen-bond acceptors (Lipinski definition) is 5. The van der Waals surface area contributed by atoms with E-state index in [-0.39, 0.29) is 17.6 Å². The van der Waals surface area contributed by atoms with Gasteiger partial charge >= 0.3 is 0 Å². The van der Waals surface area contributed by atoms with Gasteiger partial charge in [0.15, 0.2) is 0 Å². The van der Waals surface area contributed by atoms with Gasteiger partial charge in [-0.3, -0.25) is 9.48 Å². The molecule has 3 atom stereocenters. The highest BCUT2D eigenvalue weighted by molar-refractivity contribution is 5.93. The van der Waals surface area contributed by atoms with E-state index >= 15 is 0 Å². The average Bonchev–Trinajstić information content (AvgIpc) is 3.03. The maximum atomic E-state index is 12.2. The molecule has 0 aliphatic heterocycles. The van der Waals surface area contributed by atoms with Gasteiger partial charge in [-0.1, -0.05) is 5.92 Å². The van der Waals surface area contributed by atoms with Crippen molar-refractivity contribution in [3.63, 3.8) is 0 Å². The molecule has 2 aliphatic rings. The van der Waals surface area contributed by atoms with Crippen molar-refractivity contribution in [2.24, 2.45) is 13.0 Å². The molecule has 30 heavy (non-hydrogen) atoms. The van der Waals surface area contributed by atoms with Gasteiger partial charge in [-0.15, -0.1) is 0 Å². The lowest BCUT2D eigenvalue weighted by molar-refractivity contribution is -0.127. The topological polar surface area (TPSA) is 77.6 Å². The van der Waals surface area contributed by atoms with E-state index in [4.69, 9.17) is 9.72 Å². The maximum Gasteiger partial charge on any atom is 0.298 e. The number of carbonyl (C=O) groups is 1. The summed E-state index contributed by atoms with van der Waals surface area (Å²) in [5, 5.41) is 8.64. The predicted molar refractivity (Wildman–Crippen MR) is 111 cm³/mol. The summed E-state index contributed by atoms with van der Waals surface area (Å²) >= 11 is 0. The third-order valence-electron chi connectivity index (χ3n) is 6.36. The zero-order valence-corrected chi connectivity index (χ0v) is 17.4. The molecule has 1 amide bonds. The number of aromatic nitrogens is 5. The van der Waals surface area contributed by atoms with E-state index in [0.717, 1.165) is 42.5 Å². The molecule has 0 bridgehead atoms. The maximum absolute atomic E-state index is 12.2. The Morgan fingerprint density at radius 1 is 1.30 bits per heavy atom. The fourth-order valence-electron chi connectivity index (χ4n) is 4.58. The number of aryl methyl sites for hydroxylation is 1. The Balaban J connectivity index is 1.44. The summed E-state index contributed by atoms with van der Waals surface area (Å²) in [4.78, 5) is 18.8. The number of rotatable bonds is 4. The third kappa shape index (κ3) is 3.11. The van der Waals surface area contributed by atoms with E-state index in [2.05, 4.69) is 22.0 Å². The second kappa shape index (κ2) is 6.87. The van der Waals surface area contributed by atoms with Crippen LogP contribution in [0.4, 0.5) is 0 Å². The Kier molecular flexibility index (Phi) is 4.28. The highest BCUT2D eigenvalue weighted by Crippen LogP contribution is 2.57. The molecule has 0 aromatic carbocycles. The molecule has 3 aromatic rings. The standard InChI is InChI=1S/C22H24N6O2/c1-4-5-20(29)27(3)17-7-6-16-10-22(16,11-17)30-21-19-8-9-23-28(19)14-18(25-21)15-12-24-26(2)13-15/h8-9,12-14,16-17H,6-7,10-11H2,1-3H3/t16-,17+,22+/m1/s1. The minimum absolute atomic E-state index is 0.125. The fourth-order valence-corrected chi connectivity index (χ4v) is 4.58. The summed E-state index contributed by atoms with van der Waals surface area (Å²) in [6.07, 6.45) is 11.2. The molecule has 2 saturated carbocycles. The first-order valence-corrected chi connectivity index (χ1v) is 10.2. The van der Waals surface area contributed by atoms with Crippen LogP contribution in [0, 0.1) is 17.8 Å². The van der Waals surface area contributed by atoms with Crippen molar-refractivity contribution in [3.8, 4) is 29.0 Å². The SMILES string of the molecule is CC#CC(=O)N(C)[C@H]1CC[C@@H]2C[C@]2(Oc2nc(-c3cnn(C)c3)cn3nccc23)C1. The van der Waals surface area contributed by atoms with Gasteiger partial charge in [-0.05, 0) is 38.2 Å². The molecular formula is C22H24N6O2. The number of fused-ring (bicyclic) bond motifs is 2. The number of ether oxygens (including phenoxy) is 1. The molecule has 0 N–H and O–H groups in total. The van der Waals surface area contributed by atoms with E-state index in [1.54, 1.807) is 33.4 Å². The quantitative estimate of drug-likeness (QED) is 0.624. The van der Waals surface area contributed by atoms with Gasteiger partial charge < -0.3 is 9.64 Å². The first-order valence-electron chi connectivity index (χ1n) is 10.2. The summed E-state index contributed by atoms with van der Waals surface area (Å²) < 4.78 is 10.1. The smallest absolute Gasteiger partial charge is 0.298 e. The molecular weight excluding hydrogens is 380 g/mol. The lowest BCUT2D eigenvalue weighted by Gasteiger charge is -2.34. The summed E-state index contributed by atoms with van der Waals surface area (Å²) in [5.74, 6) is 6.30. The molecule has 2 aliphatic carbocycles. The monoisotopic (exact) mass is 404 g/mol. The Morgan fingerprint density at radius 3 is 2.93 bits per heavy atom. The second-order valence-corrected chi connectivity index (χ2v) is 8.29. The van der Waals surface area contributed by atoms with E-state index < -0.39 is 0 Å². The molecule has 154 valence electrons. The molecule has 2 fully saturated rings. The Hall–Kier alpha value is -3.34. The molecule has 0 spiro atoms. The lowest BCUT2D eigenvalue weighted by Crippen LogP contribution is -2.43. The van der Waals surface area contributed by atoms with Crippen LogP contribution in [0.25, 0.3) is 16.8 Å². The zero-order chi connectivity index (χ0) is 20.9. The van der Waals surface area contributed by atoms with Gasteiger partial charge in [0.05, 0.1) is 24.3 Å². The summed E-state index contributed by atoms with van der Waals surface area (Å²) in [5.41, 5.74) is 2.24. The average molecular weight is 404 g/mol. The van der Waals surface area contributed by atoms with E-state index in [0.29, 0.717) is 11.8 Å². The molecule has 8 nitrogen and oxygen atoms in total. The van der Waals surface area contributed by atoms with Gasteiger partial charge in [0.2, 0.25) is 5.88 Å². The van der Waals surface area contributed by atoms with Crippen molar-refractivity contribution in [2.75, 3.05) is 7.05 Å². The van der Waals surface area contributed by atoms with Crippen molar-refractivity contribution in [1.29, 1.82) is 0 Å². The van der Waals surface area contributed by atoms with Gasteiger partial charge in [-0.2, -0.15) is 10.2 Å². The largest absolute Gasteiger partial charge is 0.469 e. The van der Waals surface area contributed by atoms with Gasteiger partial charge in [0, 0.05) is 44.2 Å². The van der Waals surface area contributed by atoms with Gasteiger partial charge in [-0.25, -0.2) is 9.50 Å². The molecule has 5 rings (SSSR count). The number of carbonyl (C=O) groups excluding carboxylic acids is 1. The van der Waals surface area contributed by atoms with Crippen LogP contribution < -0.4 is 4.74 Å².